The minimum atomic E-state index is -0.705. The molecule has 29 heavy (non-hydrogen) atoms. The summed E-state index contributed by atoms with van der Waals surface area (Å²) < 4.78 is 4.86. The second-order valence-corrected chi connectivity index (χ2v) is 5.77. The van der Waals surface area contributed by atoms with Gasteiger partial charge in [-0.15, -0.1) is 0 Å². The van der Waals surface area contributed by atoms with Crippen LogP contribution >= 0.6 is 0 Å². The summed E-state index contributed by atoms with van der Waals surface area (Å²) in [6.07, 6.45) is 2.78. The molecule has 0 spiro atoms. The Balaban J connectivity index is 2.64. The summed E-state index contributed by atoms with van der Waals surface area (Å²) in [6.45, 7) is 1.18. The molecule has 0 unspecified atom stereocenters. The van der Waals surface area contributed by atoms with E-state index in [1.807, 2.05) is 0 Å². The Morgan fingerprint density at radius 1 is 1.00 bits per heavy atom. The molecule has 0 bridgehead atoms. The first-order chi connectivity index (χ1) is 13.9. The zero-order valence-electron chi connectivity index (χ0n) is 15.5. The molecular weight excluding hydrogens is 380 g/mol. The zero-order chi connectivity index (χ0) is 21.4. The number of allylic oxidation sites excluding steroid dienone is 2. The second-order valence-electron chi connectivity index (χ2n) is 5.77. The quantitative estimate of drug-likeness (QED) is 0.237. The SMILES string of the molecule is CCOC(=O)C(=CC=C(c1cccc([N+](=O)[O-])c1)c1cccc([N+](=O)[O-])c1)CO. The van der Waals surface area contributed by atoms with E-state index >= 15 is 0 Å². The molecule has 150 valence electrons. The number of carbonyl (C=O) groups is 1. The molecule has 2 aromatic carbocycles. The maximum absolute atomic E-state index is 11.9. The lowest BCUT2D eigenvalue weighted by Gasteiger charge is -2.09. The number of aliphatic hydroxyl groups is 1. The smallest absolute Gasteiger partial charge is 0.336 e. The van der Waals surface area contributed by atoms with Crippen molar-refractivity contribution < 1.29 is 24.5 Å². The summed E-state index contributed by atoms with van der Waals surface area (Å²) >= 11 is 0. The van der Waals surface area contributed by atoms with Crippen molar-refractivity contribution in [2.45, 2.75) is 6.92 Å². The number of hydrogen-bond acceptors (Lipinski definition) is 7. The first-order valence-electron chi connectivity index (χ1n) is 8.55. The zero-order valence-corrected chi connectivity index (χ0v) is 15.5. The van der Waals surface area contributed by atoms with E-state index in [9.17, 15) is 30.1 Å². The van der Waals surface area contributed by atoms with Gasteiger partial charge in [0.2, 0.25) is 0 Å². The molecule has 0 amide bonds. The van der Waals surface area contributed by atoms with Crippen LogP contribution in [0, 0.1) is 20.2 Å². The fraction of sp³-hybridized carbons (Fsp3) is 0.150. The van der Waals surface area contributed by atoms with Crippen LogP contribution in [-0.2, 0) is 9.53 Å². The first-order valence-corrected chi connectivity index (χ1v) is 8.55. The number of nitro groups is 2. The number of carbonyl (C=O) groups excluding carboxylic acids is 1. The highest BCUT2D eigenvalue weighted by molar-refractivity contribution is 5.90. The largest absolute Gasteiger partial charge is 0.463 e. The van der Waals surface area contributed by atoms with E-state index in [0.717, 1.165) is 0 Å². The summed E-state index contributed by atoms with van der Waals surface area (Å²) in [5, 5.41) is 31.7. The topological polar surface area (TPSA) is 133 Å². The summed E-state index contributed by atoms with van der Waals surface area (Å²) in [4.78, 5) is 33.0. The van der Waals surface area contributed by atoms with Gasteiger partial charge in [-0.25, -0.2) is 4.79 Å². The Hall–Kier alpha value is -3.85. The van der Waals surface area contributed by atoms with Crippen LogP contribution in [0.2, 0.25) is 0 Å². The van der Waals surface area contributed by atoms with Gasteiger partial charge in [-0.2, -0.15) is 0 Å². The Labute approximate surface area is 165 Å². The van der Waals surface area contributed by atoms with Gasteiger partial charge in [0.15, 0.2) is 0 Å². The number of non-ortho nitro benzene ring substituents is 2. The predicted molar refractivity (Wildman–Crippen MR) is 105 cm³/mol. The fourth-order valence-electron chi connectivity index (χ4n) is 2.53. The number of benzene rings is 2. The van der Waals surface area contributed by atoms with E-state index in [1.54, 1.807) is 19.1 Å². The Morgan fingerprint density at radius 2 is 1.52 bits per heavy atom. The second kappa shape index (κ2) is 9.90. The van der Waals surface area contributed by atoms with Gasteiger partial charge >= 0.3 is 5.97 Å². The molecule has 9 heteroatoms. The number of hydrogen-bond donors (Lipinski definition) is 1. The van der Waals surface area contributed by atoms with Gasteiger partial charge in [0.05, 0.1) is 28.6 Å². The van der Waals surface area contributed by atoms with Crippen LogP contribution in [0.5, 0.6) is 0 Å². The van der Waals surface area contributed by atoms with E-state index < -0.39 is 22.4 Å². The van der Waals surface area contributed by atoms with Crippen molar-refractivity contribution >= 4 is 22.9 Å². The predicted octanol–water partition coefficient (Wildman–Crippen LogP) is 3.42. The highest BCUT2D eigenvalue weighted by Crippen LogP contribution is 2.29. The van der Waals surface area contributed by atoms with E-state index in [2.05, 4.69) is 0 Å². The maximum Gasteiger partial charge on any atom is 0.336 e. The van der Waals surface area contributed by atoms with Crippen LogP contribution in [0.4, 0.5) is 11.4 Å². The average Bonchev–Trinajstić information content (AvgIpc) is 2.71. The average molecular weight is 398 g/mol. The number of ether oxygens (including phenoxy) is 1. The van der Waals surface area contributed by atoms with Crippen LogP contribution in [-0.4, -0.2) is 34.1 Å². The molecule has 2 rings (SSSR count). The number of nitrogens with zero attached hydrogens (tertiary/aromatic N) is 2. The van der Waals surface area contributed by atoms with Crippen LogP contribution in [0.15, 0.2) is 66.3 Å². The van der Waals surface area contributed by atoms with E-state index in [-0.39, 0.29) is 23.6 Å². The standard InChI is InChI=1S/C20H18N2O7/c1-2-29-20(24)16(13-23)9-10-19(14-5-3-7-17(11-14)21(25)26)15-6-4-8-18(12-15)22(27)28/h3-12,23H,2,13H2,1H3. The fourth-order valence-corrected chi connectivity index (χ4v) is 2.53. The molecule has 0 fully saturated rings. The van der Waals surface area contributed by atoms with Gasteiger partial charge in [0, 0.05) is 24.3 Å². The third-order valence-electron chi connectivity index (χ3n) is 3.90. The van der Waals surface area contributed by atoms with Gasteiger partial charge in [-0.05, 0) is 29.7 Å². The lowest BCUT2D eigenvalue weighted by Crippen LogP contribution is -2.10. The molecule has 9 nitrogen and oxygen atoms in total. The lowest BCUT2D eigenvalue weighted by atomic mass is 9.96. The normalized spacial score (nSPS) is 10.9. The minimum Gasteiger partial charge on any atom is -0.463 e. The first kappa shape index (κ1) is 21.5. The molecule has 0 aliphatic heterocycles. The summed E-state index contributed by atoms with van der Waals surface area (Å²) in [7, 11) is 0. The Morgan fingerprint density at radius 3 is 1.93 bits per heavy atom. The monoisotopic (exact) mass is 398 g/mol. The molecule has 1 N–H and O–H groups in total. The number of rotatable bonds is 8. The summed E-state index contributed by atoms with van der Waals surface area (Å²) in [6, 6.07) is 11.5. The molecule has 0 radical (unpaired) electrons. The molecular formula is C20H18N2O7. The highest BCUT2D eigenvalue weighted by Gasteiger charge is 2.14. The lowest BCUT2D eigenvalue weighted by molar-refractivity contribution is -0.385. The third-order valence-corrected chi connectivity index (χ3v) is 3.90. The number of aliphatic hydroxyl groups excluding tert-OH is 1. The molecule has 2 aromatic rings. The van der Waals surface area contributed by atoms with Crippen molar-refractivity contribution in [2.75, 3.05) is 13.2 Å². The highest BCUT2D eigenvalue weighted by atomic mass is 16.6. The van der Waals surface area contributed by atoms with Crippen molar-refractivity contribution in [3.8, 4) is 0 Å². The Bertz CT molecular complexity index is 936. The van der Waals surface area contributed by atoms with Crippen molar-refractivity contribution in [3.05, 3.63) is 97.6 Å². The van der Waals surface area contributed by atoms with Crippen molar-refractivity contribution in [3.63, 3.8) is 0 Å². The number of nitro benzene ring substituents is 2. The molecule has 0 saturated carbocycles. The van der Waals surface area contributed by atoms with Crippen LogP contribution in [0.1, 0.15) is 18.1 Å². The maximum atomic E-state index is 11.9. The van der Waals surface area contributed by atoms with Crippen LogP contribution in [0.25, 0.3) is 5.57 Å². The van der Waals surface area contributed by atoms with E-state index in [4.69, 9.17) is 4.74 Å². The van der Waals surface area contributed by atoms with Crippen molar-refractivity contribution in [2.24, 2.45) is 0 Å². The van der Waals surface area contributed by atoms with Gasteiger partial charge in [0.1, 0.15) is 0 Å². The van der Waals surface area contributed by atoms with Gasteiger partial charge < -0.3 is 9.84 Å². The molecule has 0 aliphatic rings. The third kappa shape index (κ3) is 5.56. The molecule has 0 saturated heterocycles. The van der Waals surface area contributed by atoms with Crippen molar-refractivity contribution in [1.82, 2.24) is 0 Å². The van der Waals surface area contributed by atoms with Gasteiger partial charge in [-0.1, -0.05) is 30.3 Å². The minimum absolute atomic E-state index is 0.0276. The van der Waals surface area contributed by atoms with Gasteiger partial charge in [-0.3, -0.25) is 20.2 Å². The molecule has 0 aromatic heterocycles. The van der Waals surface area contributed by atoms with E-state index in [1.165, 1.54) is 48.6 Å². The van der Waals surface area contributed by atoms with Gasteiger partial charge in [0.25, 0.3) is 11.4 Å². The molecule has 0 atom stereocenters. The van der Waals surface area contributed by atoms with E-state index in [0.29, 0.717) is 16.7 Å². The summed E-state index contributed by atoms with van der Waals surface area (Å²) in [5.74, 6) is -0.705. The van der Waals surface area contributed by atoms with Crippen LogP contribution in [0.3, 0.4) is 0 Å². The summed E-state index contributed by atoms with van der Waals surface area (Å²) in [5.41, 5.74) is 0.883. The Kier molecular flexibility index (Phi) is 7.33. The van der Waals surface area contributed by atoms with Crippen molar-refractivity contribution in [1.29, 1.82) is 0 Å². The molecule has 0 aliphatic carbocycles. The number of esters is 1. The molecule has 0 heterocycles. The van der Waals surface area contributed by atoms with Crippen LogP contribution < -0.4 is 0 Å².